The van der Waals surface area contributed by atoms with Gasteiger partial charge in [-0.05, 0) is 77.5 Å². The first-order valence-electron chi connectivity index (χ1n) is 14.0. The Hall–Kier alpha value is -5.22. The third-order valence-electron chi connectivity index (χ3n) is 8.23. The Labute approximate surface area is 239 Å². The highest BCUT2D eigenvalue weighted by Gasteiger charge is 2.40. The monoisotopic (exact) mass is 527 g/mol. The molecule has 5 aromatic carbocycles. The molecule has 0 N–H and O–H groups in total. The fourth-order valence-corrected chi connectivity index (χ4v) is 6.47. The maximum Gasteiger partial charge on any atom is 0.260 e. The predicted molar refractivity (Wildman–Crippen MR) is 170 cm³/mol. The molecule has 4 heteroatoms. The second kappa shape index (κ2) is 9.17. The molecule has 194 valence electrons. The summed E-state index contributed by atoms with van der Waals surface area (Å²) in [7, 11) is 0. The molecule has 0 unspecified atom stereocenters. The largest absolute Gasteiger partial charge is 0.458 e. The minimum atomic E-state index is 0.0228. The van der Waals surface area contributed by atoms with Crippen LogP contribution >= 0.6 is 0 Å². The molecule has 0 bridgehead atoms. The average molecular weight is 527 g/mol. The zero-order chi connectivity index (χ0) is 27.5. The maximum absolute atomic E-state index is 6.50. The second-order valence-electron chi connectivity index (χ2n) is 10.5. The van der Waals surface area contributed by atoms with Gasteiger partial charge in [0, 0.05) is 21.9 Å². The van der Waals surface area contributed by atoms with Gasteiger partial charge in [0.15, 0.2) is 0 Å². The molecule has 0 aliphatic carbocycles. The first-order chi connectivity index (χ1) is 20.2. The van der Waals surface area contributed by atoms with Crippen LogP contribution in [-0.2, 0) is 0 Å². The van der Waals surface area contributed by atoms with Gasteiger partial charge in [0.05, 0.1) is 11.0 Å². The molecule has 2 aliphatic rings. The first kappa shape index (κ1) is 23.7. The van der Waals surface area contributed by atoms with Gasteiger partial charge in [0.2, 0.25) is 0 Å². The van der Waals surface area contributed by atoms with Crippen molar-refractivity contribution >= 4 is 39.4 Å². The van der Waals surface area contributed by atoms with E-state index >= 15 is 0 Å². The number of fused-ring (bicyclic) bond motifs is 5. The number of aromatic nitrogens is 1. The Kier molecular flexibility index (Phi) is 5.29. The molecular weight excluding hydrogens is 501 g/mol. The summed E-state index contributed by atoms with van der Waals surface area (Å²) in [5, 5.41) is 2.52. The minimum absolute atomic E-state index is 0.0228. The van der Waals surface area contributed by atoms with Gasteiger partial charge in [-0.2, -0.15) is 0 Å². The van der Waals surface area contributed by atoms with E-state index < -0.39 is 0 Å². The van der Waals surface area contributed by atoms with Gasteiger partial charge in [-0.25, -0.2) is 0 Å². The lowest BCUT2D eigenvalue weighted by Crippen LogP contribution is -2.50. The van der Waals surface area contributed by atoms with Gasteiger partial charge in [-0.15, -0.1) is 0 Å². The van der Waals surface area contributed by atoms with E-state index in [2.05, 4.69) is 120 Å². The van der Waals surface area contributed by atoms with Crippen LogP contribution in [0.25, 0.3) is 38.6 Å². The zero-order valence-electron chi connectivity index (χ0n) is 22.7. The van der Waals surface area contributed by atoms with Crippen molar-refractivity contribution in [2.75, 3.05) is 0 Å². The third kappa shape index (κ3) is 3.54. The highest BCUT2D eigenvalue weighted by molar-refractivity contribution is 6.93. The highest BCUT2D eigenvalue weighted by atomic mass is 16.5. The Morgan fingerprint density at radius 2 is 1.32 bits per heavy atom. The van der Waals surface area contributed by atoms with Crippen molar-refractivity contribution in [3.63, 3.8) is 0 Å². The van der Waals surface area contributed by atoms with Crippen molar-refractivity contribution in [3.05, 3.63) is 145 Å². The zero-order valence-corrected chi connectivity index (χ0v) is 22.7. The summed E-state index contributed by atoms with van der Waals surface area (Å²) < 4.78 is 15.3. The van der Waals surface area contributed by atoms with Gasteiger partial charge < -0.3 is 14.0 Å². The summed E-state index contributed by atoms with van der Waals surface area (Å²) >= 11 is 0. The molecule has 3 nitrogen and oxygen atoms in total. The SMILES string of the molecule is C=CC1=C(/C=C\C)B2c3ccccc3Oc3cc(-c4ccc(-n5c6ccccc6c6ccccc65)cc4)cc(c32)O1. The van der Waals surface area contributed by atoms with Crippen LogP contribution in [0, 0.1) is 0 Å². The molecule has 0 spiro atoms. The quantitative estimate of drug-likeness (QED) is 0.216. The van der Waals surface area contributed by atoms with Crippen molar-refractivity contribution in [1.29, 1.82) is 0 Å². The fourth-order valence-electron chi connectivity index (χ4n) is 6.47. The normalized spacial score (nSPS) is 13.7. The Morgan fingerprint density at radius 1 is 0.683 bits per heavy atom. The van der Waals surface area contributed by atoms with Gasteiger partial charge in [0.25, 0.3) is 6.71 Å². The minimum Gasteiger partial charge on any atom is -0.458 e. The molecule has 3 heterocycles. The lowest BCUT2D eigenvalue weighted by Gasteiger charge is -2.33. The number of rotatable bonds is 4. The maximum atomic E-state index is 6.50. The standard InChI is InChI=1S/C37H26BNO2/c1-3-11-29-33(4-2)40-35-22-25(23-36-37(35)38(29)30-14-7-10-17-34(30)41-36)24-18-20-26(21-19-24)39-31-15-8-5-12-27(31)28-13-6-9-16-32(28)39/h3-23H,2H2,1H3/b11-3-. The summed E-state index contributed by atoms with van der Waals surface area (Å²) in [5.41, 5.74) is 8.96. The van der Waals surface area contributed by atoms with Crippen LogP contribution in [0.5, 0.6) is 17.2 Å². The van der Waals surface area contributed by atoms with Gasteiger partial charge in [-0.1, -0.05) is 85.5 Å². The molecule has 0 amide bonds. The summed E-state index contributed by atoms with van der Waals surface area (Å²) in [6.45, 7) is 6.11. The second-order valence-corrected chi connectivity index (χ2v) is 10.5. The van der Waals surface area contributed by atoms with Crippen LogP contribution in [0.2, 0.25) is 0 Å². The van der Waals surface area contributed by atoms with Crippen molar-refractivity contribution < 1.29 is 9.47 Å². The van der Waals surface area contributed by atoms with Crippen molar-refractivity contribution in [1.82, 2.24) is 4.57 Å². The molecule has 41 heavy (non-hydrogen) atoms. The Bertz CT molecular complexity index is 2030. The number of benzene rings is 5. The molecule has 0 radical (unpaired) electrons. The summed E-state index contributed by atoms with van der Waals surface area (Å²) in [6.07, 6.45) is 5.99. The molecule has 0 fully saturated rings. The first-order valence-corrected chi connectivity index (χ1v) is 14.0. The lowest BCUT2D eigenvalue weighted by molar-refractivity contribution is 0.434. The molecule has 1 aromatic heterocycles. The van der Waals surface area contributed by atoms with Crippen molar-refractivity contribution in [2.24, 2.45) is 0 Å². The predicted octanol–water partition coefficient (Wildman–Crippen LogP) is 8.11. The van der Waals surface area contributed by atoms with Gasteiger partial charge >= 0.3 is 0 Å². The number of nitrogens with zero attached hydrogens (tertiary/aromatic N) is 1. The van der Waals surface area contributed by atoms with Crippen LogP contribution in [0.1, 0.15) is 6.92 Å². The number of ether oxygens (including phenoxy) is 2. The Balaban J connectivity index is 1.26. The fraction of sp³-hybridized carbons (Fsp3) is 0.0270. The summed E-state index contributed by atoms with van der Waals surface area (Å²) in [5.74, 6) is 3.30. The molecule has 6 aromatic rings. The third-order valence-corrected chi connectivity index (χ3v) is 8.23. The van der Waals surface area contributed by atoms with E-state index in [0.29, 0.717) is 0 Å². The van der Waals surface area contributed by atoms with Crippen molar-refractivity contribution in [3.8, 4) is 34.1 Å². The molecule has 0 atom stereocenters. The molecule has 2 aliphatic heterocycles. The number of allylic oxidation sites excluding steroid dienone is 4. The van der Waals surface area contributed by atoms with Crippen LogP contribution < -0.4 is 20.4 Å². The van der Waals surface area contributed by atoms with E-state index in [1.54, 1.807) is 0 Å². The Morgan fingerprint density at radius 3 is 2.00 bits per heavy atom. The number of para-hydroxylation sites is 3. The molecule has 0 saturated heterocycles. The molecule has 8 rings (SSSR count). The van der Waals surface area contributed by atoms with Gasteiger partial charge in [0.1, 0.15) is 23.0 Å². The van der Waals surface area contributed by atoms with Crippen LogP contribution in [0.4, 0.5) is 0 Å². The number of hydrogen-bond donors (Lipinski definition) is 0. The highest BCUT2D eigenvalue weighted by Crippen LogP contribution is 2.39. The summed E-state index contributed by atoms with van der Waals surface area (Å²) in [6, 6.07) is 38.5. The summed E-state index contributed by atoms with van der Waals surface area (Å²) in [4.78, 5) is 0. The average Bonchev–Trinajstić information content (AvgIpc) is 3.36. The van der Waals surface area contributed by atoms with E-state index in [1.165, 1.54) is 21.8 Å². The lowest BCUT2D eigenvalue weighted by atomic mass is 9.34. The van der Waals surface area contributed by atoms with E-state index in [0.717, 1.165) is 56.2 Å². The van der Waals surface area contributed by atoms with Crippen LogP contribution in [0.15, 0.2) is 145 Å². The van der Waals surface area contributed by atoms with Crippen LogP contribution in [-0.4, -0.2) is 11.3 Å². The molecular formula is C37H26BNO2. The van der Waals surface area contributed by atoms with Gasteiger partial charge in [-0.3, -0.25) is 0 Å². The topological polar surface area (TPSA) is 23.4 Å². The number of hydrogen-bond acceptors (Lipinski definition) is 2. The van der Waals surface area contributed by atoms with E-state index in [4.69, 9.17) is 9.47 Å². The van der Waals surface area contributed by atoms with Crippen molar-refractivity contribution in [2.45, 2.75) is 6.92 Å². The van der Waals surface area contributed by atoms with E-state index in [9.17, 15) is 0 Å². The van der Waals surface area contributed by atoms with E-state index in [-0.39, 0.29) is 6.71 Å². The van der Waals surface area contributed by atoms with Crippen LogP contribution in [0.3, 0.4) is 0 Å². The smallest absolute Gasteiger partial charge is 0.260 e. The molecule has 0 saturated carbocycles. The van der Waals surface area contributed by atoms with E-state index in [1.807, 2.05) is 25.1 Å².